The SMILES string of the molecule is CC(C)Oc1cccc(/C=C/C(=O)N2CCC(c3c[nH]c4ccccc34)CC2)c1. The van der Waals surface area contributed by atoms with Gasteiger partial charge in [-0.3, -0.25) is 4.79 Å². The molecule has 1 aliphatic heterocycles. The molecule has 0 unspecified atom stereocenters. The third-order valence-electron chi connectivity index (χ3n) is 5.52. The first-order chi connectivity index (χ1) is 14.1. The Morgan fingerprint density at radius 3 is 2.72 bits per heavy atom. The molecule has 0 saturated carbocycles. The van der Waals surface area contributed by atoms with Crippen molar-refractivity contribution in [3.63, 3.8) is 0 Å². The fourth-order valence-electron chi connectivity index (χ4n) is 4.08. The number of aromatic nitrogens is 1. The first kappa shape index (κ1) is 19.3. The Hall–Kier alpha value is -3.01. The number of carbonyl (C=O) groups excluding carboxylic acids is 1. The monoisotopic (exact) mass is 388 g/mol. The summed E-state index contributed by atoms with van der Waals surface area (Å²) in [4.78, 5) is 18.0. The summed E-state index contributed by atoms with van der Waals surface area (Å²) in [7, 11) is 0. The molecule has 1 amide bonds. The van der Waals surface area contributed by atoms with Gasteiger partial charge >= 0.3 is 0 Å². The van der Waals surface area contributed by atoms with Gasteiger partial charge in [-0.2, -0.15) is 0 Å². The molecule has 0 bridgehead atoms. The second kappa shape index (κ2) is 8.56. The van der Waals surface area contributed by atoms with Gasteiger partial charge in [0.05, 0.1) is 6.10 Å². The Balaban J connectivity index is 1.36. The van der Waals surface area contributed by atoms with Gasteiger partial charge in [0.2, 0.25) is 5.91 Å². The average molecular weight is 389 g/mol. The molecule has 3 aromatic rings. The molecule has 0 aliphatic carbocycles. The number of nitrogens with one attached hydrogen (secondary N) is 1. The summed E-state index contributed by atoms with van der Waals surface area (Å²) >= 11 is 0. The number of rotatable bonds is 5. The van der Waals surface area contributed by atoms with Crippen LogP contribution in [0, 0.1) is 0 Å². The quantitative estimate of drug-likeness (QED) is 0.597. The number of carbonyl (C=O) groups is 1. The Morgan fingerprint density at radius 1 is 1.14 bits per heavy atom. The molecule has 0 spiro atoms. The van der Waals surface area contributed by atoms with Crippen LogP contribution in [0.3, 0.4) is 0 Å². The fourth-order valence-corrected chi connectivity index (χ4v) is 4.08. The van der Waals surface area contributed by atoms with Crippen molar-refractivity contribution in [2.24, 2.45) is 0 Å². The van der Waals surface area contributed by atoms with E-state index >= 15 is 0 Å². The van der Waals surface area contributed by atoms with Crippen LogP contribution >= 0.6 is 0 Å². The van der Waals surface area contributed by atoms with Crippen LogP contribution in [-0.4, -0.2) is 35.0 Å². The molecule has 1 saturated heterocycles. The van der Waals surface area contributed by atoms with Crippen LogP contribution < -0.4 is 4.74 Å². The van der Waals surface area contributed by atoms with Gasteiger partial charge in [-0.1, -0.05) is 30.3 Å². The van der Waals surface area contributed by atoms with Crippen molar-refractivity contribution in [3.8, 4) is 5.75 Å². The number of amides is 1. The lowest BCUT2D eigenvalue weighted by Crippen LogP contribution is -2.36. The number of likely N-dealkylation sites (tertiary alicyclic amines) is 1. The average Bonchev–Trinajstić information content (AvgIpc) is 3.16. The van der Waals surface area contributed by atoms with Crippen molar-refractivity contribution in [1.29, 1.82) is 0 Å². The van der Waals surface area contributed by atoms with E-state index in [0.29, 0.717) is 5.92 Å². The van der Waals surface area contributed by atoms with E-state index in [9.17, 15) is 4.79 Å². The van der Waals surface area contributed by atoms with Crippen molar-refractivity contribution in [2.75, 3.05) is 13.1 Å². The number of hydrogen-bond acceptors (Lipinski definition) is 2. The summed E-state index contributed by atoms with van der Waals surface area (Å²) in [5.41, 5.74) is 3.54. The summed E-state index contributed by atoms with van der Waals surface area (Å²) in [5.74, 6) is 1.41. The number of fused-ring (bicyclic) bond motifs is 1. The lowest BCUT2D eigenvalue weighted by Gasteiger charge is -2.31. The van der Waals surface area contributed by atoms with Crippen LogP contribution in [0.4, 0.5) is 0 Å². The highest BCUT2D eigenvalue weighted by Crippen LogP contribution is 2.33. The predicted molar refractivity (Wildman–Crippen MR) is 118 cm³/mol. The van der Waals surface area contributed by atoms with E-state index in [-0.39, 0.29) is 12.0 Å². The molecule has 0 atom stereocenters. The summed E-state index contributed by atoms with van der Waals surface area (Å²) in [6, 6.07) is 16.3. The van der Waals surface area contributed by atoms with E-state index in [1.807, 2.05) is 49.1 Å². The number of hydrogen-bond donors (Lipinski definition) is 1. The van der Waals surface area contributed by atoms with Crippen LogP contribution in [0.1, 0.15) is 43.7 Å². The van der Waals surface area contributed by atoms with E-state index in [4.69, 9.17) is 4.74 Å². The molecule has 29 heavy (non-hydrogen) atoms. The van der Waals surface area contributed by atoms with E-state index < -0.39 is 0 Å². The minimum Gasteiger partial charge on any atom is -0.491 e. The lowest BCUT2D eigenvalue weighted by molar-refractivity contribution is -0.126. The van der Waals surface area contributed by atoms with E-state index in [0.717, 1.165) is 37.2 Å². The zero-order valence-electron chi connectivity index (χ0n) is 17.1. The van der Waals surface area contributed by atoms with Crippen LogP contribution in [0.5, 0.6) is 5.75 Å². The molecule has 1 aromatic heterocycles. The number of nitrogens with zero attached hydrogens (tertiary/aromatic N) is 1. The Kier molecular flexibility index (Phi) is 5.70. The summed E-state index contributed by atoms with van der Waals surface area (Å²) < 4.78 is 5.72. The van der Waals surface area contributed by atoms with Crippen molar-refractivity contribution in [3.05, 3.63) is 71.9 Å². The van der Waals surface area contributed by atoms with Gasteiger partial charge in [0.15, 0.2) is 0 Å². The molecule has 2 aromatic carbocycles. The summed E-state index contributed by atoms with van der Waals surface area (Å²) in [5, 5.41) is 1.31. The molecule has 4 nitrogen and oxygen atoms in total. The maximum absolute atomic E-state index is 12.6. The minimum atomic E-state index is 0.0811. The third kappa shape index (κ3) is 4.53. The van der Waals surface area contributed by atoms with Crippen LogP contribution in [0.15, 0.2) is 60.8 Å². The number of para-hydroxylation sites is 1. The summed E-state index contributed by atoms with van der Waals surface area (Å²) in [6.07, 6.45) is 7.83. The number of H-pyrrole nitrogens is 1. The number of ether oxygens (including phenoxy) is 1. The molecule has 1 fully saturated rings. The molecule has 1 aliphatic rings. The molecule has 1 N–H and O–H groups in total. The normalized spacial score (nSPS) is 15.5. The molecular weight excluding hydrogens is 360 g/mol. The van der Waals surface area contributed by atoms with Crippen molar-refractivity contribution in [1.82, 2.24) is 9.88 Å². The van der Waals surface area contributed by atoms with Gasteiger partial charge in [0, 0.05) is 36.3 Å². The van der Waals surface area contributed by atoms with Gasteiger partial charge in [-0.15, -0.1) is 0 Å². The molecular formula is C25H28N2O2. The largest absolute Gasteiger partial charge is 0.491 e. The Morgan fingerprint density at radius 2 is 1.93 bits per heavy atom. The molecule has 2 heterocycles. The molecule has 4 heteroatoms. The fraction of sp³-hybridized carbons (Fsp3) is 0.320. The second-order valence-corrected chi connectivity index (χ2v) is 7.96. The Bertz CT molecular complexity index is 1010. The predicted octanol–water partition coefficient (Wildman–Crippen LogP) is 5.37. The van der Waals surface area contributed by atoms with E-state index in [1.54, 1.807) is 6.08 Å². The van der Waals surface area contributed by atoms with Crippen LogP contribution in [-0.2, 0) is 4.79 Å². The maximum atomic E-state index is 12.6. The van der Waals surface area contributed by atoms with Crippen LogP contribution in [0.2, 0.25) is 0 Å². The van der Waals surface area contributed by atoms with E-state index in [2.05, 4.69) is 35.4 Å². The van der Waals surface area contributed by atoms with Gasteiger partial charge in [-0.25, -0.2) is 0 Å². The zero-order chi connectivity index (χ0) is 20.2. The van der Waals surface area contributed by atoms with Crippen molar-refractivity contribution >= 4 is 22.9 Å². The van der Waals surface area contributed by atoms with Gasteiger partial charge < -0.3 is 14.6 Å². The topological polar surface area (TPSA) is 45.3 Å². The minimum absolute atomic E-state index is 0.0811. The first-order valence-electron chi connectivity index (χ1n) is 10.4. The molecule has 0 radical (unpaired) electrons. The summed E-state index contributed by atoms with van der Waals surface area (Å²) in [6.45, 7) is 5.60. The highest BCUT2D eigenvalue weighted by Gasteiger charge is 2.24. The highest BCUT2D eigenvalue weighted by atomic mass is 16.5. The standard InChI is InChI=1S/C25H28N2O2/c1-18(2)29-21-7-5-6-19(16-21)10-11-25(28)27-14-12-20(13-15-27)23-17-26-24-9-4-3-8-22(23)24/h3-11,16-18,20,26H,12-15H2,1-2H3/b11-10+. The highest BCUT2D eigenvalue weighted by molar-refractivity contribution is 5.92. The number of aromatic amines is 1. The van der Waals surface area contributed by atoms with Crippen molar-refractivity contribution in [2.45, 2.75) is 38.7 Å². The van der Waals surface area contributed by atoms with Crippen LogP contribution in [0.25, 0.3) is 17.0 Å². The van der Waals surface area contributed by atoms with Gasteiger partial charge in [-0.05, 0) is 68.0 Å². The first-order valence-corrected chi connectivity index (χ1v) is 10.4. The zero-order valence-corrected chi connectivity index (χ0v) is 17.1. The maximum Gasteiger partial charge on any atom is 0.246 e. The van der Waals surface area contributed by atoms with Gasteiger partial charge in [0.25, 0.3) is 0 Å². The second-order valence-electron chi connectivity index (χ2n) is 7.96. The third-order valence-corrected chi connectivity index (χ3v) is 5.52. The van der Waals surface area contributed by atoms with Crippen molar-refractivity contribution < 1.29 is 9.53 Å². The number of piperidine rings is 1. The molecule has 150 valence electrons. The van der Waals surface area contributed by atoms with Gasteiger partial charge in [0.1, 0.15) is 5.75 Å². The smallest absolute Gasteiger partial charge is 0.246 e. The number of benzene rings is 2. The molecule has 4 rings (SSSR count). The van der Waals surface area contributed by atoms with E-state index in [1.165, 1.54) is 16.5 Å². The lowest BCUT2D eigenvalue weighted by atomic mass is 9.89. The Labute approximate surface area is 172 Å².